The summed E-state index contributed by atoms with van der Waals surface area (Å²) < 4.78 is 6.58. The summed E-state index contributed by atoms with van der Waals surface area (Å²) in [6, 6.07) is 6.56. The predicted octanol–water partition coefficient (Wildman–Crippen LogP) is 3.35. The maximum Gasteiger partial charge on any atom is 0.356 e. The Morgan fingerprint density at radius 1 is 1.21 bits per heavy atom. The minimum Gasteiger partial charge on any atom is -0.476 e. The number of aromatic carboxylic acids is 1. The van der Waals surface area contributed by atoms with E-state index >= 15 is 0 Å². The van der Waals surface area contributed by atoms with Crippen molar-refractivity contribution in [2.75, 3.05) is 0 Å². The van der Waals surface area contributed by atoms with E-state index in [4.69, 9.17) is 9.84 Å². The number of hydrogen-bond donors (Lipinski definition) is 1. The molecule has 1 aromatic carbocycles. The highest BCUT2D eigenvalue weighted by Crippen LogP contribution is 2.28. The number of carboxylic acid groups (broad SMARTS) is 1. The summed E-state index contributed by atoms with van der Waals surface area (Å²) in [6.07, 6.45) is 0. The molecule has 2 aromatic rings. The lowest BCUT2D eigenvalue weighted by molar-refractivity contribution is 0.0689. The van der Waals surface area contributed by atoms with Crippen LogP contribution in [0.3, 0.4) is 0 Å². The average molecular weight is 323 g/mol. The zero-order valence-corrected chi connectivity index (χ0v) is 11.9. The van der Waals surface area contributed by atoms with E-state index in [-0.39, 0.29) is 11.6 Å². The van der Waals surface area contributed by atoms with E-state index < -0.39 is 5.97 Å². The second kappa shape index (κ2) is 5.36. The van der Waals surface area contributed by atoms with Crippen LogP contribution in [-0.4, -0.2) is 21.3 Å². The Morgan fingerprint density at radius 2 is 1.84 bits per heavy atom. The molecule has 0 unspecified atom stereocenters. The van der Waals surface area contributed by atoms with Crippen molar-refractivity contribution < 1.29 is 14.6 Å². The number of rotatable bonds is 3. The largest absolute Gasteiger partial charge is 0.476 e. The molecule has 0 saturated heterocycles. The monoisotopic (exact) mass is 322 g/mol. The third-order valence-electron chi connectivity index (χ3n) is 2.49. The molecule has 1 N–H and O–H groups in total. The van der Waals surface area contributed by atoms with Gasteiger partial charge in [0.25, 0.3) is 0 Å². The second-order valence-corrected chi connectivity index (χ2v) is 4.83. The molecule has 0 bridgehead atoms. The Hall–Kier alpha value is -1.95. The molecule has 6 heteroatoms. The molecule has 0 radical (unpaired) electrons. The first-order valence-electron chi connectivity index (χ1n) is 5.49. The number of hydrogen-bond acceptors (Lipinski definition) is 4. The highest BCUT2D eigenvalue weighted by Gasteiger charge is 2.08. The van der Waals surface area contributed by atoms with Crippen molar-refractivity contribution in [3.63, 3.8) is 0 Å². The molecule has 5 nitrogen and oxygen atoms in total. The van der Waals surface area contributed by atoms with Crippen LogP contribution in [0.25, 0.3) is 0 Å². The van der Waals surface area contributed by atoms with Crippen LogP contribution in [0.15, 0.2) is 28.7 Å². The Morgan fingerprint density at radius 3 is 2.32 bits per heavy atom. The smallest absolute Gasteiger partial charge is 0.356 e. The summed E-state index contributed by atoms with van der Waals surface area (Å²) in [5.41, 5.74) is 1.98. The molecule has 0 amide bonds. The third kappa shape index (κ3) is 3.08. The summed E-state index contributed by atoms with van der Waals surface area (Å²) in [4.78, 5) is 10.6. The fourth-order valence-electron chi connectivity index (χ4n) is 1.57. The third-order valence-corrected chi connectivity index (χ3v) is 3.74. The number of benzene rings is 1. The van der Waals surface area contributed by atoms with E-state index in [1.807, 2.05) is 26.0 Å². The SMILES string of the molecule is Cc1cc(Oc2ccc(C(=O)O)nn2)cc(C)c1Br. The number of ether oxygens (including phenoxy) is 1. The quantitative estimate of drug-likeness (QED) is 0.938. The maximum atomic E-state index is 10.6. The first-order valence-corrected chi connectivity index (χ1v) is 6.28. The van der Waals surface area contributed by atoms with E-state index in [0.717, 1.165) is 15.6 Å². The topological polar surface area (TPSA) is 72.3 Å². The summed E-state index contributed by atoms with van der Waals surface area (Å²) in [5, 5.41) is 16.0. The highest BCUT2D eigenvalue weighted by atomic mass is 79.9. The van der Waals surface area contributed by atoms with Crippen LogP contribution in [0.5, 0.6) is 11.6 Å². The number of nitrogens with zero attached hydrogens (tertiary/aromatic N) is 2. The van der Waals surface area contributed by atoms with Gasteiger partial charge >= 0.3 is 5.97 Å². The lowest BCUT2D eigenvalue weighted by Gasteiger charge is -2.08. The van der Waals surface area contributed by atoms with Gasteiger partial charge in [-0.1, -0.05) is 15.9 Å². The Balaban J connectivity index is 2.24. The van der Waals surface area contributed by atoms with E-state index in [1.54, 1.807) is 0 Å². The second-order valence-electron chi connectivity index (χ2n) is 4.04. The zero-order chi connectivity index (χ0) is 14.0. The molecule has 0 aliphatic carbocycles. The Labute approximate surface area is 118 Å². The van der Waals surface area contributed by atoms with Gasteiger partial charge in [-0.25, -0.2) is 4.79 Å². The zero-order valence-electron chi connectivity index (χ0n) is 10.3. The minimum absolute atomic E-state index is 0.115. The van der Waals surface area contributed by atoms with E-state index in [0.29, 0.717) is 5.75 Å². The average Bonchev–Trinajstić information content (AvgIpc) is 2.36. The van der Waals surface area contributed by atoms with Crippen molar-refractivity contribution in [2.24, 2.45) is 0 Å². The molecule has 0 aliphatic rings. The number of carbonyl (C=O) groups is 1. The van der Waals surface area contributed by atoms with Crippen molar-refractivity contribution >= 4 is 21.9 Å². The first-order chi connectivity index (χ1) is 8.97. The summed E-state index contributed by atoms with van der Waals surface area (Å²) >= 11 is 3.48. The summed E-state index contributed by atoms with van der Waals surface area (Å²) in [6.45, 7) is 3.92. The van der Waals surface area contributed by atoms with Gasteiger partial charge in [-0.2, -0.15) is 0 Å². The fraction of sp³-hybridized carbons (Fsp3) is 0.154. The molecule has 0 spiro atoms. The van der Waals surface area contributed by atoms with Crippen LogP contribution >= 0.6 is 15.9 Å². The summed E-state index contributed by atoms with van der Waals surface area (Å²) in [5.74, 6) is -0.226. The molecule has 2 rings (SSSR count). The normalized spacial score (nSPS) is 10.3. The van der Waals surface area contributed by atoms with Gasteiger partial charge in [0.05, 0.1) is 0 Å². The number of aromatic nitrogens is 2. The Bertz CT molecular complexity index is 603. The molecule has 98 valence electrons. The van der Waals surface area contributed by atoms with Crippen molar-refractivity contribution in [1.29, 1.82) is 0 Å². The minimum atomic E-state index is -1.12. The van der Waals surface area contributed by atoms with Crippen LogP contribution in [0, 0.1) is 13.8 Å². The maximum absolute atomic E-state index is 10.6. The molecule has 0 aliphatic heterocycles. The molecule has 0 saturated carbocycles. The van der Waals surface area contributed by atoms with Gasteiger partial charge in [0.1, 0.15) is 5.75 Å². The molecular formula is C13H11BrN2O3. The van der Waals surface area contributed by atoms with Crippen molar-refractivity contribution in [1.82, 2.24) is 10.2 Å². The van der Waals surface area contributed by atoms with Crippen molar-refractivity contribution in [3.8, 4) is 11.6 Å². The van der Waals surface area contributed by atoms with Crippen LogP contribution in [-0.2, 0) is 0 Å². The van der Waals surface area contributed by atoms with Gasteiger partial charge in [0, 0.05) is 10.5 Å². The lowest BCUT2D eigenvalue weighted by Crippen LogP contribution is -2.02. The summed E-state index contributed by atoms with van der Waals surface area (Å²) in [7, 11) is 0. The highest BCUT2D eigenvalue weighted by molar-refractivity contribution is 9.10. The van der Waals surface area contributed by atoms with Crippen LogP contribution in [0.4, 0.5) is 0 Å². The van der Waals surface area contributed by atoms with Gasteiger partial charge in [0.15, 0.2) is 5.69 Å². The van der Waals surface area contributed by atoms with Gasteiger partial charge in [0.2, 0.25) is 5.88 Å². The number of aryl methyl sites for hydroxylation is 2. The predicted molar refractivity (Wildman–Crippen MR) is 72.7 cm³/mol. The fourth-order valence-corrected chi connectivity index (χ4v) is 1.80. The molecule has 1 aromatic heterocycles. The van der Waals surface area contributed by atoms with E-state index in [9.17, 15) is 4.79 Å². The molecular weight excluding hydrogens is 312 g/mol. The number of carboxylic acids is 1. The van der Waals surface area contributed by atoms with Gasteiger partial charge < -0.3 is 9.84 Å². The van der Waals surface area contributed by atoms with E-state index in [1.165, 1.54) is 12.1 Å². The van der Waals surface area contributed by atoms with E-state index in [2.05, 4.69) is 26.1 Å². The van der Waals surface area contributed by atoms with Gasteiger partial charge in [-0.05, 0) is 43.2 Å². The Kier molecular flexibility index (Phi) is 3.80. The standard InChI is InChI=1S/C13H11BrN2O3/c1-7-5-9(6-8(2)12(7)14)19-11-4-3-10(13(17)18)15-16-11/h3-6H,1-2H3,(H,17,18). The molecule has 1 heterocycles. The van der Waals surface area contributed by atoms with Crippen LogP contribution < -0.4 is 4.74 Å². The van der Waals surface area contributed by atoms with Gasteiger partial charge in [-0.15, -0.1) is 10.2 Å². The molecule has 0 atom stereocenters. The lowest BCUT2D eigenvalue weighted by atomic mass is 10.1. The molecule has 19 heavy (non-hydrogen) atoms. The first kappa shape index (κ1) is 13.5. The van der Waals surface area contributed by atoms with Crippen molar-refractivity contribution in [3.05, 3.63) is 45.6 Å². The number of halogens is 1. The van der Waals surface area contributed by atoms with Crippen LogP contribution in [0.1, 0.15) is 21.6 Å². The van der Waals surface area contributed by atoms with Gasteiger partial charge in [-0.3, -0.25) is 0 Å². The molecule has 0 fully saturated rings. The van der Waals surface area contributed by atoms with Crippen molar-refractivity contribution in [2.45, 2.75) is 13.8 Å². The van der Waals surface area contributed by atoms with Crippen LogP contribution in [0.2, 0.25) is 0 Å².